The smallest absolute Gasteiger partial charge is 0.242 e. The van der Waals surface area contributed by atoms with Crippen molar-refractivity contribution in [3.8, 4) is 0 Å². The highest BCUT2D eigenvalue weighted by Gasteiger charge is 2.28. The molecule has 0 aromatic carbocycles. The van der Waals surface area contributed by atoms with Crippen molar-refractivity contribution < 1.29 is 4.79 Å². The average Bonchev–Trinajstić information content (AvgIpc) is 3.36. The first-order chi connectivity index (χ1) is 15.8. The van der Waals surface area contributed by atoms with Crippen LogP contribution in [0.5, 0.6) is 0 Å². The molecule has 1 saturated heterocycles. The van der Waals surface area contributed by atoms with Crippen molar-refractivity contribution in [1.82, 2.24) is 19.9 Å². The molecule has 5 heterocycles. The Morgan fingerprint density at radius 3 is 2.53 bits per heavy atom. The molecule has 2 aliphatic heterocycles. The van der Waals surface area contributed by atoms with E-state index in [9.17, 15) is 4.79 Å². The molecule has 162 valence electrons. The molecule has 9 nitrogen and oxygen atoms in total. The minimum absolute atomic E-state index is 0.144. The van der Waals surface area contributed by atoms with Crippen LogP contribution in [-0.4, -0.2) is 68.9 Å². The molecule has 1 unspecified atom stereocenters. The van der Waals surface area contributed by atoms with Crippen molar-refractivity contribution in [3.05, 3.63) is 66.7 Å². The van der Waals surface area contributed by atoms with Crippen LogP contribution < -0.4 is 15.1 Å². The van der Waals surface area contributed by atoms with Crippen molar-refractivity contribution in [1.29, 1.82) is 0 Å². The summed E-state index contributed by atoms with van der Waals surface area (Å²) in [7, 11) is 0. The van der Waals surface area contributed by atoms with Gasteiger partial charge < -0.3 is 9.80 Å². The standard InChI is InChI=1S/C22H22N8OS/c31-20(17-15-26-21(32-17)16-4-3-7-23-14-16)28-22-25-9-6-19(27-22)30-12-10-29(11-13-30)18-5-1-2-8-24-18/h1-9,14,17H,10-13,15H2,(H,25,27,28,31). The Hall–Kier alpha value is -3.53. The summed E-state index contributed by atoms with van der Waals surface area (Å²) in [6.07, 6.45) is 6.97. The molecule has 1 amide bonds. The molecule has 1 atom stereocenters. The molecule has 0 aliphatic carbocycles. The number of hydrogen-bond donors (Lipinski definition) is 1. The van der Waals surface area contributed by atoms with Gasteiger partial charge in [-0.05, 0) is 30.3 Å². The lowest BCUT2D eigenvalue weighted by molar-refractivity contribution is -0.115. The molecule has 1 N–H and O–H groups in total. The zero-order valence-corrected chi connectivity index (χ0v) is 18.1. The molecule has 2 aliphatic rings. The van der Waals surface area contributed by atoms with Gasteiger partial charge in [0.15, 0.2) is 0 Å². The van der Waals surface area contributed by atoms with Crippen molar-refractivity contribution >= 4 is 40.3 Å². The molecule has 32 heavy (non-hydrogen) atoms. The fourth-order valence-corrected chi connectivity index (χ4v) is 4.63. The highest BCUT2D eigenvalue weighted by Crippen LogP contribution is 2.26. The largest absolute Gasteiger partial charge is 0.353 e. The first-order valence-electron chi connectivity index (χ1n) is 10.4. The SMILES string of the molecule is O=C(Nc1nccc(N2CCN(c3ccccn3)CC2)n1)C1CN=C(c2cccnc2)S1. The number of pyridine rings is 2. The van der Waals surface area contributed by atoms with Crippen LogP contribution in [-0.2, 0) is 4.79 Å². The Labute approximate surface area is 190 Å². The van der Waals surface area contributed by atoms with Gasteiger partial charge >= 0.3 is 0 Å². The van der Waals surface area contributed by atoms with Gasteiger partial charge in [-0.25, -0.2) is 9.97 Å². The highest BCUT2D eigenvalue weighted by atomic mass is 32.2. The van der Waals surface area contributed by atoms with E-state index in [4.69, 9.17) is 0 Å². The van der Waals surface area contributed by atoms with Crippen LogP contribution in [0.3, 0.4) is 0 Å². The predicted molar refractivity (Wildman–Crippen MR) is 126 cm³/mol. The number of carbonyl (C=O) groups excluding carboxylic acids is 1. The van der Waals surface area contributed by atoms with E-state index in [1.54, 1.807) is 18.6 Å². The van der Waals surface area contributed by atoms with Crippen molar-refractivity contribution in [2.75, 3.05) is 47.8 Å². The highest BCUT2D eigenvalue weighted by molar-refractivity contribution is 8.15. The second kappa shape index (κ2) is 9.31. The zero-order valence-electron chi connectivity index (χ0n) is 17.3. The van der Waals surface area contributed by atoms with Gasteiger partial charge in [0.2, 0.25) is 11.9 Å². The molecule has 0 radical (unpaired) electrons. The van der Waals surface area contributed by atoms with Gasteiger partial charge in [0.05, 0.1) is 6.54 Å². The average molecular weight is 447 g/mol. The number of rotatable bonds is 5. The van der Waals surface area contributed by atoms with Gasteiger partial charge in [-0.15, -0.1) is 0 Å². The first-order valence-corrected chi connectivity index (χ1v) is 11.3. The Morgan fingerprint density at radius 2 is 1.78 bits per heavy atom. The van der Waals surface area contributed by atoms with Gasteiger partial charge in [-0.3, -0.25) is 20.1 Å². The molecular weight excluding hydrogens is 424 g/mol. The predicted octanol–water partition coefficient (Wildman–Crippen LogP) is 2.09. The third-order valence-corrected chi connectivity index (χ3v) is 6.54. The Bertz CT molecular complexity index is 1100. The van der Waals surface area contributed by atoms with Gasteiger partial charge in [0.25, 0.3) is 0 Å². The van der Waals surface area contributed by atoms with E-state index < -0.39 is 0 Å². The fraction of sp³-hybridized carbons (Fsp3) is 0.273. The Morgan fingerprint density at radius 1 is 0.938 bits per heavy atom. The molecule has 5 rings (SSSR count). The van der Waals surface area contributed by atoms with E-state index in [2.05, 4.69) is 40.0 Å². The molecule has 0 saturated carbocycles. The number of aromatic nitrogens is 4. The molecule has 3 aromatic rings. The fourth-order valence-electron chi connectivity index (χ4n) is 3.64. The van der Waals surface area contributed by atoms with Crippen LogP contribution in [0.15, 0.2) is 66.2 Å². The summed E-state index contributed by atoms with van der Waals surface area (Å²) in [5, 5.41) is 3.38. The minimum atomic E-state index is -0.306. The number of amides is 1. The van der Waals surface area contributed by atoms with Crippen molar-refractivity contribution in [2.24, 2.45) is 4.99 Å². The monoisotopic (exact) mass is 446 g/mol. The second-order valence-corrected chi connectivity index (χ2v) is 8.58. The van der Waals surface area contributed by atoms with Crippen molar-refractivity contribution in [3.63, 3.8) is 0 Å². The summed E-state index contributed by atoms with van der Waals surface area (Å²) >= 11 is 1.44. The number of carbonyl (C=O) groups is 1. The van der Waals surface area contributed by atoms with E-state index in [0.717, 1.165) is 48.4 Å². The molecule has 1 fully saturated rings. The minimum Gasteiger partial charge on any atom is -0.353 e. The Kier molecular flexibility index (Phi) is 5.93. The zero-order chi connectivity index (χ0) is 21.8. The summed E-state index contributed by atoms with van der Waals surface area (Å²) in [6.45, 7) is 3.78. The number of nitrogens with one attached hydrogen (secondary N) is 1. The van der Waals surface area contributed by atoms with Crippen LogP contribution in [0, 0.1) is 0 Å². The summed E-state index contributed by atoms with van der Waals surface area (Å²) in [5.41, 5.74) is 0.927. The van der Waals surface area contributed by atoms with Gasteiger partial charge in [0.1, 0.15) is 21.9 Å². The summed E-state index contributed by atoms with van der Waals surface area (Å²) in [4.78, 5) is 39.1. The normalized spacial score (nSPS) is 18.4. The number of aliphatic imine (C=N–C) groups is 1. The van der Waals surface area contributed by atoms with Crippen LogP contribution in [0.4, 0.5) is 17.6 Å². The lowest BCUT2D eigenvalue weighted by atomic mass is 10.3. The third-order valence-electron chi connectivity index (χ3n) is 5.31. The van der Waals surface area contributed by atoms with Gasteiger partial charge in [-0.1, -0.05) is 17.8 Å². The summed E-state index contributed by atoms with van der Waals surface area (Å²) in [6, 6.07) is 11.6. The van der Waals surface area contributed by atoms with E-state index in [1.165, 1.54) is 11.8 Å². The van der Waals surface area contributed by atoms with Crippen LogP contribution >= 0.6 is 11.8 Å². The molecule has 0 bridgehead atoms. The molecular formula is C22H22N8OS. The van der Waals surface area contributed by atoms with Crippen LogP contribution in [0.1, 0.15) is 5.56 Å². The quantitative estimate of drug-likeness (QED) is 0.636. The lowest BCUT2D eigenvalue weighted by Crippen LogP contribution is -2.47. The van der Waals surface area contributed by atoms with E-state index >= 15 is 0 Å². The van der Waals surface area contributed by atoms with Crippen LogP contribution in [0.25, 0.3) is 0 Å². The Balaban J connectivity index is 1.18. The molecule has 0 spiro atoms. The molecule has 10 heteroatoms. The van der Waals surface area contributed by atoms with Gasteiger partial charge in [-0.2, -0.15) is 4.98 Å². The van der Waals surface area contributed by atoms with Gasteiger partial charge in [0, 0.05) is 56.5 Å². The molecule has 3 aromatic heterocycles. The maximum Gasteiger partial charge on any atom is 0.242 e. The second-order valence-electron chi connectivity index (χ2n) is 7.38. The number of anilines is 3. The van der Waals surface area contributed by atoms with Crippen LogP contribution in [0.2, 0.25) is 0 Å². The van der Waals surface area contributed by atoms with E-state index in [1.807, 2.05) is 42.6 Å². The topological polar surface area (TPSA) is 99.5 Å². The summed E-state index contributed by atoms with van der Waals surface area (Å²) < 4.78 is 0. The first kappa shape index (κ1) is 20.4. The number of piperazine rings is 1. The number of thioether (sulfide) groups is 1. The number of nitrogens with zero attached hydrogens (tertiary/aromatic N) is 7. The van der Waals surface area contributed by atoms with Crippen molar-refractivity contribution in [2.45, 2.75) is 5.25 Å². The maximum absolute atomic E-state index is 12.8. The summed E-state index contributed by atoms with van der Waals surface area (Å²) in [5.74, 6) is 1.97. The van der Waals surface area contributed by atoms with E-state index in [0.29, 0.717) is 12.5 Å². The lowest BCUT2D eigenvalue weighted by Gasteiger charge is -2.36. The van der Waals surface area contributed by atoms with E-state index in [-0.39, 0.29) is 11.2 Å². The third kappa shape index (κ3) is 4.54. The number of hydrogen-bond acceptors (Lipinski definition) is 9. The maximum atomic E-state index is 12.8.